The van der Waals surface area contributed by atoms with Crippen LogP contribution in [-0.2, 0) is 4.79 Å². The summed E-state index contributed by atoms with van der Waals surface area (Å²) in [6, 6.07) is -0.642. The lowest BCUT2D eigenvalue weighted by Crippen LogP contribution is -2.24. The van der Waals surface area contributed by atoms with E-state index in [4.69, 9.17) is 0 Å². The molecule has 0 aromatic heterocycles. The van der Waals surface area contributed by atoms with Crippen molar-refractivity contribution in [2.75, 3.05) is 12.4 Å². The zero-order valence-electron chi connectivity index (χ0n) is 7.70. The third-order valence-electron chi connectivity index (χ3n) is 2.30. The normalized spacial score (nSPS) is 18.9. The second-order valence-electron chi connectivity index (χ2n) is 3.15. The molecule has 1 unspecified atom stereocenters. The minimum absolute atomic E-state index is 0.293. The smallest absolute Gasteiger partial charge is 0.246 e. The monoisotopic (exact) mass is 216 g/mol. The van der Waals surface area contributed by atoms with Gasteiger partial charge < -0.3 is 10.6 Å². The summed E-state index contributed by atoms with van der Waals surface area (Å²) in [6.45, 7) is 0. The number of carbonyl (C=O) groups is 1. The number of likely N-dealkylation sites (N-methyl/N-ethyl adjacent to an activating group) is 1. The average molecular weight is 216 g/mol. The molecule has 0 spiro atoms. The fourth-order valence-electron chi connectivity index (χ4n) is 1.61. The fraction of sp³-hybridized carbons (Fsp3) is 0.222. The molecular formula is C9H7F3N2O. The molecule has 1 aromatic rings. The van der Waals surface area contributed by atoms with Crippen LogP contribution in [0.4, 0.5) is 18.9 Å². The van der Waals surface area contributed by atoms with E-state index in [1.807, 2.05) is 0 Å². The van der Waals surface area contributed by atoms with Crippen molar-refractivity contribution in [3.63, 3.8) is 0 Å². The summed E-state index contributed by atoms with van der Waals surface area (Å²) in [6.07, 6.45) is 0. The molecule has 1 heterocycles. The van der Waals surface area contributed by atoms with Gasteiger partial charge in [0.25, 0.3) is 0 Å². The standard InChI is InChI=1S/C9H7F3N2O/c1-13-8-5-6(12)3(10)2-4(11)7(5)14-9(8)15/h2,8,13H,1H3,(H,14,15). The van der Waals surface area contributed by atoms with Gasteiger partial charge in [0, 0.05) is 11.6 Å². The number of amides is 1. The summed E-state index contributed by atoms with van der Waals surface area (Å²) in [7, 11) is 1.40. The van der Waals surface area contributed by atoms with E-state index in [0.29, 0.717) is 6.07 Å². The molecule has 0 aliphatic carbocycles. The molecule has 1 atom stereocenters. The van der Waals surface area contributed by atoms with Gasteiger partial charge in [-0.2, -0.15) is 0 Å². The first-order chi connectivity index (χ1) is 7.06. The highest BCUT2D eigenvalue weighted by Crippen LogP contribution is 2.35. The van der Waals surface area contributed by atoms with Crippen molar-refractivity contribution in [3.8, 4) is 0 Å². The Morgan fingerprint density at radius 1 is 1.33 bits per heavy atom. The summed E-state index contributed by atoms with van der Waals surface area (Å²) >= 11 is 0. The van der Waals surface area contributed by atoms with Crippen molar-refractivity contribution in [3.05, 3.63) is 29.1 Å². The Hall–Kier alpha value is -1.56. The van der Waals surface area contributed by atoms with Gasteiger partial charge in [-0.15, -0.1) is 0 Å². The first kappa shape index (κ1) is 9.97. The van der Waals surface area contributed by atoms with Crippen molar-refractivity contribution in [2.24, 2.45) is 0 Å². The van der Waals surface area contributed by atoms with E-state index < -0.39 is 29.4 Å². The first-order valence-electron chi connectivity index (χ1n) is 4.21. The Bertz CT molecular complexity index is 447. The molecule has 80 valence electrons. The van der Waals surface area contributed by atoms with Gasteiger partial charge in [-0.25, -0.2) is 13.2 Å². The number of rotatable bonds is 1. The van der Waals surface area contributed by atoms with Crippen LogP contribution in [0.3, 0.4) is 0 Å². The van der Waals surface area contributed by atoms with E-state index in [2.05, 4.69) is 10.6 Å². The SMILES string of the molecule is CNC1C(=O)Nc2c(F)cc(F)c(F)c21. The van der Waals surface area contributed by atoms with Crippen LogP contribution in [0.5, 0.6) is 0 Å². The van der Waals surface area contributed by atoms with Crippen molar-refractivity contribution in [2.45, 2.75) is 6.04 Å². The number of benzene rings is 1. The maximum atomic E-state index is 13.3. The van der Waals surface area contributed by atoms with Gasteiger partial charge in [-0.1, -0.05) is 0 Å². The topological polar surface area (TPSA) is 41.1 Å². The number of hydrogen-bond donors (Lipinski definition) is 2. The quantitative estimate of drug-likeness (QED) is 0.695. The molecule has 0 radical (unpaired) electrons. The van der Waals surface area contributed by atoms with Gasteiger partial charge in [0.05, 0.1) is 5.69 Å². The second kappa shape index (κ2) is 3.23. The van der Waals surface area contributed by atoms with Crippen LogP contribution in [0, 0.1) is 17.5 Å². The number of anilines is 1. The molecule has 3 nitrogen and oxygen atoms in total. The average Bonchev–Trinajstić information content (AvgIpc) is 2.52. The minimum Gasteiger partial charge on any atom is -0.322 e. The zero-order chi connectivity index (χ0) is 11.2. The van der Waals surface area contributed by atoms with Gasteiger partial charge in [0.2, 0.25) is 5.91 Å². The molecule has 1 amide bonds. The van der Waals surface area contributed by atoms with Gasteiger partial charge >= 0.3 is 0 Å². The Labute approximate surface area is 83.3 Å². The van der Waals surface area contributed by atoms with Gasteiger partial charge in [0.1, 0.15) is 11.9 Å². The van der Waals surface area contributed by atoms with Crippen molar-refractivity contribution in [1.29, 1.82) is 0 Å². The number of fused-ring (bicyclic) bond motifs is 1. The molecule has 1 aliphatic heterocycles. The number of carbonyl (C=O) groups excluding carboxylic acids is 1. The van der Waals surface area contributed by atoms with Crippen LogP contribution < -0.4 is 10.6 Å². The highest BCUT2D eigenvalue weighted by molar-refractivity contribution is 6.02. The largest absolute Gasteiger partial charge is 0.322 e. The summed E-state index contributed by atoms with van der Waals surface area (Å²) < 4.78 is 39.4. The summed E-state index contributed by atoms with van der Waals surface area (Å²) in [5.74, 6) is -4.09. The van der Waals surface area contributed by atoms with E-state index >= 15 is 0 Å². The predicted octanol–water partition coefficient (Wildman–Crippen LogP) is 1.32. The number of halogens is 3. The maximum absolute atomic E-state index is 13.3. The van der Waals surface area contributed by atoms with Crippen LogP contribution in [0.15, 0.2) is 6.07 Å². The fourth-order valence-corrected chi connectivity index (χ4v) is 1.61. The van der Waals surface area contributed by atoms with E-state index in [1.54, 1.807) is 0 Å². The molecule has 0 fully saturated rings. The van der Waals surface area contributed by atoms with E-state index in [9.17, 15) is 18.0 Å². The molecule has 2 rings (SSSR count). The van der Waals surface area contributed by atoms with E-state index in [-0.39, 0.29) is 11.3 Å². The minimum atomic E-state index is -1.30. The first-order valence-corrected chi connectivity index (χ1v) is 4.21. The lowest BCUT2D eigenvalue weighted by atomic mass is 10.1. The van der Waals surface area contributed by atoms with E-state index in [1.165, 1.54) is 7.05 Å². The Kier molecular flexibility index (Phi) is 2.15. The lowest BCUT2D eigenvalue weighted by Gasteiger charge is -2.08. The molecule has 1 aromatic carbocycles. The Morgan fingerprint density at radius 2 is 2.00 bits per heavy atom. The summed E-state index contributed by atoms with van der Waals surface area (Å²) in [5, 5.41) is 4.63. The van der Waals surface area contributed by atoms with Gasteiger partial charge in [-0.05, 0) is 7.05 Å². The molecule has 0 saturated carbocycles. The van der Waals surface area contributed by atoms with Gasteiger partial charge in [0.15, 0.2) is 11.6 Å². The molecule has 0 saturated heterocycles. The van der Waals surface area contributed by atoms with Gasteiger partial charge in [-0.3, -0.25) is 4.79 Å². The van der Waals surface area contributed by atoms with E-state index in [0.717, 1.165) is 0 Å². The third-order valence-corrected chi connectivity index (χ3v) is 2.30. The second-order valence-corrected chi connectivity index (χ2v) is 3.15. The molecule has 6 heteroatoms. The Balaban J connectivity index is 2.69. The van der Waals surface area contributed by atoms with Crippen molar-refractivity contribution < 1.29 is 18.0 Å². The zero-order valence-corrected chi connectivity index (χ0v) is 7.70. The lowest BCUT2D eigenvalue weighted by molar-refractivity contribution is -0.117. The van der Waals surface area contributed by atoms with Crippen LogP contribution in [0.1, 0.15) is 11.6 Å². The molecular weight excluding hydrogens is 209 g/mol. The number of nitrogens with one attached hydrogen (secondary N) is 2. The molecule has 0 bridgehead atoms. The van der Waals surface area contributed by atoms with Crippen molar-refractivity contribution >= 4 is 11.6 Å². The summed E-state index contributed by atoms with van der Waals surface area (Å²) in [5.41, 5.74) is -0.599. The van der Waals surface area contributed by atoms with Crippen LogP contribution in [0.25, 0.3) is 0 Å². The summed E-state index contributed by atoms with van der Waals surface area (Å²) in [4.78, 5) is 11.2. The predicted molar refractivity (Wildman–Crippen MR) is 46.7 cm³/mol. The third kappa shape index (κ3) is 1.29. The molecule has 2 N–H and O–H groups in total. The van der Waals surface area contributed by atoms with Crippen LogP contribution in [0.2, 0.25) is 0 Å². The molecule has 15 heavy (non-hydrogen) atoms. The molecule has 1 aliphatic rings. The van der Waals surface area contributed by atoms with Crippen molar-refractivity contribution in [1.82, 2.24) is 5.32 Å². The van der Waals surface area contributed by atoms with Crippen LogP contribution in [-0.4, -0.2) is 13.0 Å². The maximum Gasteiger partial charge on any atom is 0.246 e. The highest BCUT2D eigenvalue weighted by Gasteiger charge is 2.36. The number of hydrogen-bond acceptors (Lipinski definition) is 2. The van der Waals surface area contributed by atoms with Crippen LogP contribution >= 0.6 is 0 Å². The Morgan fingerprint density at radius 3 is 2.60 bits per heavy atom. The highest BCUT2D eigenvalue weighted by atomic mass is 19.2.